The van der Waals surface area contributed by atoms with Gasteiger partial charge in [-0.3, -0.25) is 0 Å². The Kier molecular flexibility index (Phi) is 46.4. The van der Waals surface area contributed by atoms with E-state index < -0.39 is 18.4 Å². The van der Waals surface area contributed by atoms with Crippen LogP contribution in [0.2, 0.25) is 0 Å². The Balaban J connectivity index is -0.0000000454. The third kappa shape index (κ3) is 53.7. The molecule has 0 heterocycles. The third-order valence-corrected chi connectivity index (χ3v) is 0.843. The maximum Gasteiger partial charge on any atom is 1.00 e. The maximum absolute atomic E-state index is 8.33. The molecular weight excluding hydrogens is 274 g/mol. The molecular formula is C7H16Na2O9. The molecule has 0 unspecified atom stereocenters. The van der Waals surface area contributed by atoms with E-state index in [1.54, 1.807) is 0 Å². The number of aliphatic hydroxyl groups excluding tert-OH is 6. The number of hydrogen-bond acceptors (Lipinski definition) is 9. The largest absolute Gasteiger partial charge is 1.00 e. The minimum Gasteiger partial charge on any atom is -0.652 e. The quantitative estimate of drug-likeness (QED) is 0.273. The standard InChI is InChI=1S/2C3H8O3.CH2O3.2Na/c2*4-1-3(6)2-5;2-1(3)4;;/h2*3-6H,1-2H2;(H2,2,3,4);;/q;;;2*+1/p-2. The summed E-state index contributed by atoms with van der Waals surface area (Å²) in [5.41, 5.74) is 0. The Morgan fingerprint density at radius 1 is 0.778 bits per heavy atom. The van der Waals surface area contributed by atoms with Crippen LogP contribution in [0.4, 0.5) is 4.79 Å². The number of hydrogen-bond donors (Lipinski definition) is 6. The smallest absolute Gasteiger partial charge is 0.652 e. The van der Waals surface area contributed by atoms with Gasteiger partial charge in [-0.2, -0.15) is 0 Å². The fourth-order valence-corrected chi connectivity index (χ4v) is 0.115. The van der Waals surface area contributed by atoms with Gasteiger partial charge in [0.25, 0.3) is 0 Å². The van der Waals surface area contributed by atoms with Crippen LogP contribution in [0.1, 0.15) is 0 Å². The number of carbonyl (C=O) groups excluding carboxylic acids is 1. The molecule has 0 rings (SSSR count). The summed E-state index contributed by atoms with van der Waals surface area (Å²) in [4.78, 5) is 8.33. The molecule has 0 saturated heterocycles. The summed E-state index contributed by atoms with van der Waals surface area (Å²) in [5.74, 6) is 0. The molecule has 0 aliphatic carbocycles. The van der Waals surface area contributed by atoms with E-state index in [-0.39, 0.29) is 85.5 Å². The van der Waals surface area contributed by atoms with E-state index in [4.69, 9.17) is 45.6 Å². The summed E-state index contributed by atoms with van der Waals surface area (Å²) >= 11 is 0. The van der Waals surface area contributed by atoms with Crippen LogP contribution in [0.25, 0.3) is 0 Å². The first-order valence-corrected chi connectivity index (χ1v) is 4.03. The SMILES string of the molecule is O=C([O-])[O-].OCC(O)CO.OCC(O)CO.[Na+].[Na+]. The molecule has 0 aromatic rings. The number of carboxylic acid groups (broad SMARTS) is 2. The third-order valence-electron chi connectivity index (χ3n) is 0.843. The van der Waals surface area contributed by atoms with Crippen molar-refractivity contribution < 1.29 is 105 Å². The number of aliphatic hydroxyl groups is 6. The average molecular weight is 290 g/mol. The van der Waals surface area contributed by atoms with Crippen LogP contribution in [0, 0.1) is 0 Å². The molecule has 0 aliphatic rings. The topological polar surface area (TPSA) is 185 Å². The molecule has 0 saturated carbocycles. The van der Waals surface area contributed by atoms with Crippen molar-refractivity contribution in [2.45, 2.75) is 12.2 Å². The Hall–Kier alpha value is 1.03. The Bertz CT molecular complexity index is 127. The van der Waals surface area contributed by atoms with E-state index in [0.717, 1.165) is 0 Å². The van der Waals surface area contributed by atoms with Crippen LogP contribution < -0.4 is 69.3 Å². The maximum atomic E-state index is 8.33. The molecule has 0 atom stereocenters. The van der Waals surface area contributed by atoms with E-state index in [1.807, 2.05) is 0 Å². The van der Waals surface area contributed by atoms with Gasteiger partial charge in [0, 0.05) is 0 Å². The second kappa shape index (κ2) is 26.6. The van der Waals surface area contributed by atoms with Crippen molar-refractivity contribution in [3.8, 4) is 0 Å². The normalized spacial score (nSPS) is 8.00. The molecule has 0 bridgehead atoms. The average Bonchev–Trinajstić information content (AvgIpc) is 2.26. The van der Waals surface area contributed by atoms with E-state index in [0.29, 0.717) is 0 Å². The van der Waals surface area contributed by atoms with Gasteiger partial charge in [0.2, 0.25) is 0 Å². The van der Waals surface area contributed by atoms with Crippen molar-refractivity contribution in [1.82, 2.24) is 0 Å². The van der Waals surface area contributed by atoms with Crippen molar-refractivity contribution in [2.24, 2.45) is 0 Å². The second-order valence-corrected chi connectivity index (χ2v) is 2.29. The number of rotatable bonds is 4. The van der Waals surface area contributed by atoms with Gasteiger partial charge in [-0.05, 0) is 6.16 Å². The van der Waals surface area contributed by atoms with Gasteiger partial charge in [0.15, 0.2) is 0 Å². The summed E-state index contributed by atoms with van der Waals surface area (Å²) in [7, 11) is 0. The van der Waals surface area contributed by atoms with Crippen LogP contribution >= 0.6 is 0 Å². The molecule has 18 heavy (non-hydrogen) atoms. The summed E-state index contributed by atoms with van der Waals surface area (Å²) in [6.45, 7) is -1.46. The van der Waals surface area contributed by atoms with Gasteiger partial charge in [-0.25, -0.2) is 0 Å². The van der Waals surface area contributed by atoms with Gasteiger partial charge >= 0.3 is 59.1 Å². The zero-order chi connectivity index (χ0) is 13.6. The molecule has 0 amide bonds. The van der Waals surface area contributed by atoms with Crippen molar-refractivity contribution in [3.63, 3.8) is 0 Å². The van der Waals surface area contributed by atoms with Gasteiger partial charge in [-0.15, -0.1) is 0 Å². The molecule has 0 aromatic heterocycles. The predicted molar refractivity (Wildman–Crippen MR) is 45.8 cm³/mol. The van der Waals surface area contributed by atoms with Crippen molar-refractivity contribution >= 4 is 6.16 Å². The Labute approximate surface area is 148 Å². The minimum atomic E-state index is -2.33. The molecule has 0 aromatic carbocycles. The molecule has 9 nitrogen and oxygen atoms in total. The van der Waals surface area contributed by atoms with Crippen molar-refractivity contribution in [2.75, 3.05) is 26.4 Å². The Morgan fingerprint density at radius 3 is 0.889 bits per heavy atom. The van der Waals surface area contributed by atoms with Crippen LogP contribution in [-0.4, -0.2) is 75.4 Å². The summed E-state index contributed by atoms with van der Waals surface area (Å²) in [5, 5.41) is 64.7. The zero-order valence-corrected chi connectivity index (χ0v) is 14.4. The molecule has 6 N–H and O–H groups in total. The van der Waals surface area contributed by atoms with Crippen LogP contribution in [0.3, 0.4) is 0 Å². The Morgan fingerprint density at radius 2 is 0.889 bits per heavy atom. The second-order valence-electron chi connectivity index (χ2n) is 2.29. The fraction of sp³-hybridized carbons (Fsp3) is 0.857. The molecule has 0 radical (unpaired) electrons. The van der Waals surface area contributed by atoms with Crippen LogP contribution in [-0.2, 0) is 0 Å². The van der Waals surface area contributed by atoms with E-state index in [1.165, 1.54) is 0 Å². The van der Waals surface area contributed by atoms with Gasteiger partial charge in [0.05, 0.1) is 26.4 Å². The molecule has 0 spiro atoms. The zero-order valence-electron chi connectivity index (χ0n) is 10.4. The van der Waals surface area contributed by atoms with E-state index in [9.17, 15) is 0 Å². The van der Waals surface area contributed by atoms with E-state index in [2.05, 4.69) is 0 Å². The predicted octanol–water partition coefficient (Wildman–Crippen LogP) is -11.8. The monoisotopic (exact) mass is 290 g/mol. The van der Waals surface area contributed by atoms with Gasteiger partial charge in [-0.1, -0.05) is 0 Å². The first-order valence-electron chi connectivity index (χ1n) is 4.03. The van der Waals surface area contributed by atoms with Gasteiger partial charge in [0.1, 0.15) is 12.2 Å². The van der Waals surface area contributed by atoms with E-state index >= 15 is 0 Å². The van der Waals surface area contributed by atoms with Crippen molar-refractivity contribution in [3.05, 3.63) is 0 Å². The molecule has 0 aliphatic heterocycles. The summed E-state index contributed by atoms with van der Waals surface area (Å²) in [6, 6.07) is 0. The minimum absolute atomic E-state index is 0. The van der Waals surface area contributed by atoms with Crippen LogP contribution in [0.15, 0.2) is 0 Å². The molecule has 100 valence electrons. The van der Waals surface area contributed by atoms with Crippen molar-refractivity contribution in [1.29, 1.82) is 0 Å². The fourth-order valence-electron chi connectivity index (χ4n) is 0.115. The molecule has 11 heteroatoms. The first-order chi connectivity index (χ1) is 7.35. The number of carbonyl (C=O) groups is 1. The first kappa shape index (κ1) is 31.4. The summed E-state index contributed by atoms with van der Waals surface area (Å²) in [6.07, 6.45) is -4.24. The summed E-state index contributed by atoms with van der Waals surface area (Å²) < 4.78 is 0. The van der Waals surface area contributed by atoms with Gasteiger partial charge < -0.3 is 45.6 Å². The van der Waals surface area contributed by atoms with Crippen LogP contribution in [0.5, 0.6) is 0 Å². The molecule has 0 fully saturated rings.